The minimum absolute atomic E-state index is 0.118. The number of methoxy groups -OCH3 is 1. The zero-order valence-corrected chi connectivity index (χ0v) is 11.8. The summed E-state index contributed by atoms with van der Waals surface area (Å²) in [6.45, 7) is 4.78. The average Bonchev–Trinajstić information content (AvgIpc) is 2.41. The van der Waals surface area contributed by atoms with Crippen LogP contribution >= 0.6 is 11.6 Å². The van der Waals surface area contributed by atoms with Crippen molar-refractivity contribution in [3.63, 3.8) is 0 Å². The van der Waals surface area contributed by atoms with E-state index in [1.807, 2.05) is 43.0 Å². The number of ether oxygens (including phenoxy) is 1. The number of nitrogens with zero attached hydrogens (tertiary/aromatic N) is 4. The van der Waals surface area contributed by atoms with Gasteiger partial charge in [0.15, 0.2) is 0 Å². The minimum Gasteiger partial charge on any atom is -0.467 e. The Kier molecular flexibility index (Phi) is 4.16. The van der Waals surface area contributed by atoms with Gasteiger partial charge in [0, 0.05) is 12.2 Å². The second-order valence-electron chi connectivity index (χ2n) is 3.97. The lowest BCUT2D eigenvalue weighted by Gasteiger charge is -2.21. The van der Waals surface area contributed by atoms with Crippen molar-refractivity contribution < 1.29 is 4.74 Å². The molecule has 0 bridgehead atoms. The topological polar surface area (TPSA) is 51.1 Å². The normalized spacial score (nSPS) is 10.3. The van der Waals surface area contributed by atoms with Crippen LogP contribution in [0.2, 0.25) is 5.28 Å². The number of aryl methyl sites for hydroxylation is 1. The van der Waals surface area contributed by atoms with Crippen molar-refractivity contribution in [3.05, 3.63) is 35.1 Å². The summed E-state index contributed by atoms with van der Waals surface area (Å²) in [5, 5.41) is 0.118. The van der Waals surface area contributed by atoms with E-state index in [0.29, 0.717) is 12.5 Å². The number of halogens is 1. The maximum atomic E-state index is 5.87. The van der Waals surface area contributed by atoms with Crippen molar-refractivity contribution >= 4 is 23.2 Å². The van der Waals surface area contributed by atoms with Crippen LogP contribution in [0.15, 0.2) is 24.3 Å². The van der Waals surface area contributed by atoms with Crippen LogP contribution < -0.4 is 9.64 Å². The molecule has 0 unspecified atom stereocenters. The van der Waals surface area contributed by atoms with Crippen LogP contribution in [0, 0.1) is 6.92 Å². The van der Waals surface area contributed by atoms with E-state index in [0.717, 1.165) is 5.69 Å². The van der Waals surface area contributed by atoms with Crippen molar-refractivity contribution in [2.75, 3.05) is 18.6 Å². The van der Waals surface area contributed by atoms with Crippen LogP contribution in [-0.2, 0) is 0 Å². The van der Waals surface area contributed by atoms with E-state index in [1.165, 1.54) is 12.7 Å². The number of aromatic nitrogens is 3. The van der Waals surface area contributed by atoms with Gasteiger partial charge in [0.1, 0.15) is 0 Å². The van der Waals surface area contributed by atoms with Gasteiger partial charge in [0.2, 0.25) is 11.2 Å². The number of anilines is 2. The molecule has 0 aliphatic rings. The molecule has 2 rings (SSSR count). The highest BCUT2D eigenvalue weighted by atomic mass is 35.5. The SMILES string of the molecule is CCN(c1ccc(C)cc1)c1nc(Cl)nc(OC)n1. The fraction of sp³-hybridized carbons (Fsp3) is 0.308. The fourth-order valence-corrected chi connectivity index (χ4v) is 1.85. The molecule has 0 saturated heterocycles. The molecule has 6 heteroatoms. The molecule has 0 aliphatic carbocycles. The van der Waals surface area contributed by atoms with Crippen LogP contribution in [0.25, 0.3) is 0 Å². The van der Waals surface area contributed by atoms with Crippen LogP contribution in [0.5, 0.6) is 6.01 Å². The van der Waals surface area contributed by atoms with Crippen LogP contribution in [0.3, 0.4) is 0 Å². The number of benzene rings is 1. The number of hydrogen-bond acceptors (Lipinski definition) is 5. The molecule has 0 N–H and O–H groups in total. The van der Waals surface area contributed by atoms with Gasteiger partial charge >= 0.3 is 6.01 Å². The van der Waals surface area contributed by atoms with Gasteiger partial charge in [-0.15, -0.1) is 0 Å². The highest BCUT2D eigenvalue weighted by molar-refractivity contribution is 6.28. The molecule has 2 aromatic rings. The highest BCUT2D eigenvalue weighted by Crippen LogP contribution is 2.24. The molecule has 0 aliphatic heterocycles. The van der Waals surface area contributed by atoms with Crippen molar-refractivity contribution in [1.29, 1.82) is 0 Å². The summed E-state index contributed by atoms with van der Waals surface area (Å²) in [4.78, 5) is 14.2. The lowest BCUT2D eigenvalue weighted by Crippen LogP contribution is -2.19. The Hall–Kier alpha value is -1.88. The Bertz CT molecular complexity index is 559. The molecule has 1 aromatic heterocycles. The van der Waals surface area contributed by atoms with Gasteiger partial charge in [-0.2, -0.15) is 15.0 Å². The molecule has 19 heavy (non-hydrogen) atoms. The first kappa shape index (κ1) is 13.5. The van der Waals surface area contributed by atoms with E-state index < -0.39 is 0 Å². The van der Waals surface area contributed by atoms with Crippen molar-refractivity contribution in [3.8, 4) is 6.01 Å². The van der Waals surface area contributed by atoms with Gasteiger partial charge in [0.05, 0.1) is 7.11 Å². The Morgan fingerprint density at radius 1 is 1.16 bits per heavy atom. The molecule has 5 nitrogen and oxygen atoms in total. The number of rotatable bonds is 4. The van der Waals surface area contributed by atoms with Gasteiger partial charge in [-0.1, -0.05) is 17.7 Å². The lowest BCUT2D eigenvalue weighted by atomic mass is 10.2. The largest absolute Gasteiger partial charge is 0.467 e. The molecule has 0 radical (unpaired) electrons. The summed E-state index contributed by atoms with van der Waals surface area (Å²) < 4.78 is 5.01. The third-order valence-electron chi connectivity index (χ3n) is 2.66. The van der Waals surface area contributed by atoms with Crippen molar-refractivity contribution in [2.24, 2.45) is 0 Å². The first-order valence-corrected chi connectivity index (χ1v) is 6.31. The second kappa shape index (κ2) is 5.84. The van der Waals surface area contributed by atoms with Gasteiger partial charge in [-0.3, -0.25) is 0 Å². The predicted octanol–water partition coefficient (Wildman–Crippen LogP) is 3.00. The average molecular weight is 279 g/mol. The van der Waals surface area contributed by atoms with E-state index in [4.69, 9.17) is 16.3 Å². The van der Waals surface area contributed by atoms with Crippen molar-refractivity contribution in [2.45, 2.75) is 13.8 Å². The van der Waals surface area contributed by atoms with E-state index in [9.17, 15) is 0 Å². The minimum atomic E-state index is 0.118. The van der Waals surface area contributed by atoms with Crippen LogP contribution in [-0.4, -0.2) is 28.6 Å². The van der Waals surface area contributed by atoms with Crippen LogP contribution in [0.1, 0.15) is 12.5 Å². The molecule has 0 fully saturated rings. The third-order valence-corrected chi connectivity index (χ3v) is 2.83. The summed E-state index contributed by atoms with van der Waals surface area (Å²) >= 11 is 5.87. The third kappa shape index (κ3) is 3.12. The summed E-state index contributed by atoms with van der Waals surface area (Å²) in [5.74, 6) is 0.475. The van der Waals surface area contributed by atoms with Gasteiger partial charge in [-0.05, 0) is 37.6 Å². The molecule has 100 valence electrons. The summed E-state index contributed by atoms with van der Waals surface area (Å²) in [6, 6.07) is 8.32. The zero-order valence-electron chi connectivity index (χ0n) is 11.1. The fourth-order valence-electron chi connectivity index (χ4n) is 1.70. The van der Waals surface area contributed by atoms with Gasteiger partial charge in [0.25, 0.3) is 0 Å². The van der Waals surface area contributed by atoms with Crippen molar-refractivity contribution in [1.82, 2.24) is 15.0 Å². The molecule has 0 atom stereocenters. The summed E-state index contributed by atoms with van der Waals surface area (Å²) in [6.07, 6.45) is 0. The smallest absolute Gasteiger partial charge is 0.322 e. The molecular formula is C13H15ClN4O. The maximum Gasteiger partial charge on any atom is 0.322 e. The molecule has 0 amide bonds. The number of hydrogen-bond donors (Lipinski definition) is 0. The molecule has 0 spiro atoms. The Morgan fingerprint density at radius 2 is 1.84 bits per heavy atom. The first-order chi connectivity index (χ1) is 9.13. The van der Waals surface area contributed by atoms with E-state index >= 15 is 0 Å². The van der Waals surface area contributed by atoms with Gasteiger partial charge in [-0.25, -0.2) is 0 Å². The van der Waals surface area contributed by atoms with E-state index in [2.05, 4.69) is 15.0 Å². The Balaban J connectivity index is 2.41. The standard InChI is InChI=1S/C13H15ClN4O/c1-4-18(10-7-5-9(2)6-8-10)12-15-11(14)16-13(17-12)19-3/h5-8H,4H2,1-3H3. The van der Waals surface area contributed by atoms with Gasteiger partial charge < -0.3 is 9.64 Å². The lowest BCUT2D eigenvalue weighted by molar-refractivity contribution is 0.378. The Morgan fingerprint density at radius 3 is 2.42 bits per heavy atom. The molecule has 1 heterocycles. The Labute approximate surface area is 117 Å². The highest BCUT2D eigenvalue weighted by Gasteiger charge is 2.13. The molecule has 0 saturated carbocycles. The van der Waals surface area contributed by atoms with Crippen LogP contribution in [0.4, 0.5) is 11.6 Å². The quantitative estimate of drug-likeness (QED) is 0.860. The molecular weight excluding hydrogens is 264 g/mol. The maximum absolute atomic E-state index is 5.87. The summed E-state index contributed by atoms with van der Waals surface area (Å²) in [7, 11) is 1.50. The predicted molar refractivity (Wildman–Crippen MR) is 75.2 cm³/mol. The van der Waals surface area contributed by atoms with E-state index in [-0.39, 0.29) is 11.3 Å². The molecule has 1 aromatic carbocycles. The van der Waals surface area contributed by atoms with E-state index in [1.54, 1.807) is 0 Å². The monoisotopic (exact) mass is 278 g/mol. The first-order valence-electron chi connectivity index (χ1n) is 5.93. The zero-order chi connectivity index (χ0) is 13.8. The second-order valence-corrected chi connectivity index (χ2v) is 4.31. The summed E-state index contributed by atoms with van der Waals surface area (Å²) in [5.41, 5.74) is 2.20.